The molecule has 1 aromatic heterocycles. The van der Waals surface area contributed by atoms with Crippen molar-refractivity contribution in [2.45, 2.75) is 83.8 Å². The fraction of sp³-hybridized carbons (Fsp3) is 0.737. The van der Waals surface area contributed by atoms with E-state index in [0.717, 1.165) is 43.6 Å². The third-order valence-electron chi connectivity index (χ3n) is 4.82. The van der Waals surface area contributed by atoms with Crippen LogP contribution >= 0.6 is 0 Å². The van der Waals surface area contributed by atoms with Gasteiger partial charge >= 0.3 is 0 Å². The Morgan fingerprint density at radius 2 is 2.17 bits per heavy atom. The van der Waals surface area contributed by atoms with Crippen LogP contribution < -0.4 is 0 Å². The van der Waals surface area contributed by atoms with Crippen LogP contribution in [0, 0.1) is 6.92 Å². The standard InChI is InChI=1S/C19H31NO3/c1-3-4-5-6-17(21)13-14-20-16(9-12-19(20)22)8-11-18-10-7-15(2)23-18/h7,10,16-17,21H,3-6,8-9,11-14H2,1-2H3/t16?,17-/m1/s1. The lowest BCUT2D eigenvalue weighted by molar-refractivity contribution is -0.129. The summed E-state index contributed by atoms with van der Waals surface area (Å²) in [5.41, 5.74) is 0. The van der Waals surface area contributed by atoms with Gasteiger partial charge in [0.1, 0.15) is 11.5 Å². The first kappa shape index (κ1) is 18.1. The summed E-state index contributed by atoms with van der Waals surface area (Å²) in [5.74, 6) is 2.18. The second kappa shape index (κ2) is 9.11. The molecule has 1 aliphatic rings. The fourth-order valence-corrected chi connectivity index (χ4v) is 3.39. The second-order valence-electron chi connectivity index (χ2n) is 6.77. The van der Waals surface area contributed by atoms with Gasteiger partial charge in [-0.1, -0.05) is 26.2 Å². The van der Waals surface area contributed by atoms with E-state index < -0.39 is 0 Å². The third-order valence-corrected chi connectivity index (χ3v) is 4.82. The van der Waals surface area contributed by atoms with E-state index in [0.29, 0.717) is 25.4 Å². The third kappa shape index (κ3) is 5.69. The molecule has 1 saturated heterocycles. The van der Waals surface area contributed by atoms with Gasteiger partial charge in [0, 0.05) is 25.4 Å². The number of hydrogen-bond acceptors (Lipinski definition) is 3. The maximum Gasteiger partial charge on any atom is 0.222 e. The summed E-state index contributed by atoms with van der Waals surface area (Å²) >= 11 is 0. The lowest BCUT2D eigenvalue weighted by Gasteiger charge is -2.25. The number of aryl methyl sites for hydroxylation is 2. The zero-order chi connectivity index (χ0) is 16.7. The van der Waals surface area contributed by atoms with Crippen molar-refractivity contribution in [1.82, 2.24) is 4.90 Å². The Bertz CT molecular complexity index is 483. The molecule has 1 fully saturated rings. The topological polar surface area (TPSA) is 53.7 Å². The van der Waals surface area contributed by atoms with E-state index in [1.54, 1.807) is 0 Å². The summed E-state index contributed by atoms with van der Waals surface area (Å²) in [6.07, 6.45) is 8.11. The van der Waals surface area contributed by atoms with Crippen LogP contribution in [0.1, 0.15) is 69.8 Å². The van der Waals surface area contributed by atoms with Crippen molar-refractivity contribution in [3.8, 4) is 0 Å². The van der Waals surface area contributed by atoms with Crippen LogP contribution in [0.4, 0.5) is 0 Å². The fourth-order valence-electron chi connectivity index (χ4n) is 3.39. The van der Waals surface area contributed by atoms with Gasteiger partial charge in [-0.15, -0.1) is 0 Å². The second-order valence-corrected chi connectivity index (χ2v) is 6.77. The Labute approximate surface area is 139 Å². The molecule has 130 valence electrons. The normalized spacial score (nSPS) is 19.5. The number of aliphatic hydroxyl groups excluding tert-OH is 1. The molecule has 0 radical (unpaired) electrons. The average Bonchev–Trinajstić information content (AvgIpc) is 3.09. The lowest BCUT2D eigenvalue weighted by Crippen LogP contribution is -2.35. The monoisotopic (exact) mass is 321 g/mol. The number of hydrogen-bond donors (Lipinski definition) is 1. The molecule has 0 aromatic carbocycles. The molecule has 2 rings (SSSR count). The van der Waals surface area contributed by atoms with Crippen molar-refractivity contribution < 1.29 is 14.3 Å². The molecule has 4 heteroatoms. The summed E-state index contributed by atoms with van der Waals surface area (Å²) < 4.78 is 5.62. The van der Waals surface area contributed by atoms with Gasteiger partial charge in [0.25, 0.3) is 0 Å². The summed E-state index contributed by atoms with van der Waals surface area (Å²) in [4.78, 5) is 14.1. The van der Waals surface area contributed by atoms with Crippen molar-refractivity contribution in [3.63, 3.8) is 0 Å². The molecule has 2 heterocycles. The highest BCUT2D eigenvalue weighted by atomic mass is 16.3. The molecule has 2 atom stereocenters. The molecule has 1 amide bonds. The number of carbonyl (C=O) groups excluding carboxylic acids is 1. The molecule has 1 N–H and O–H groups in total. The largest absolute Gasteiger partial charge is 0.466 e. The van der Waals surface area contributed by atoms with Crippen LogP contribution in [0.2, 0.25) is 0 Å². The minimum absolute atomic E-state index is 0.242. The SMILES string of the molecule is CCCCC[C@@H](O)CCN1C(=O)CCC1CCc1ccc(C)o1. The number of furan rings is 1. The molecule has 4 nitrogen and oxygen atoms in total. The van der Waals surface area contributed by atoms with E-state index >= 15 is 0 Å². The van der Waals surface area contributed by atoms with Crippen molar-refractivity contribution in [3.05, 3.63) is 23.7 Å². The van der Waals surface area contributed by atoms with Crippen LogP contribution in [0.25, 0.3) is 0 Å². The molecule has 1 aliphatic heterocycles. The first-order chi connectivity index (χ1) is 11.1. The predicted molar refractivity (Wildman–Crippen MR) is 91.3 cm³/mol. The Morgan fingerprint density at radius 1 is 1.35 bits per heavy atom. The summed E-state index contributed by atoms with van der Waals surface area (Å²) in [6, 6.07) is 4.31. The van der Waals surface area contributed by atoms with Gasteiger partial charge in [0.2, 0.25) is 5.91 Å². The summed E-state index contributed by atoms with van der Waals surface area (Å²) in [6.45, 7) is 4.81. The number of rotatable bonds is 10. The highest BCUT2D eigenvalue weighted by molar-refractivity contribution is 5.78. The molecule has 0 aliphatic carbocycles. The zero-order valence-corrected chi connectivity index (χ0v) is 14.6. The Balaban J connectivity index is 1.75. The van der Waals surface area contributed by atoms with Gasteiger partial charge in [0.05, 0.1) is 6.10 Å². The van der Waals surface area contributed by atoms with Gasteiger partial charge < -0.3 is 14.4 Å². The molecule has 0 bridgehead atoms. The Kier molecular flexibility index (Phi) is 7.15. The van der Waals surface area contributed by atoms with Crippen LogP contribution in [0.5, 0.6) is 0 Å². The van der Waals surface area contributed by atoms with Crippen molar-refractivity contribution in [1.29, 1.82) is 0 Å². The number of nitrogens with zero attached hydrogens (tertiary/aromatic N) is 1. The van der Waals surface area contributed by atoms with Crippen LogP contribution in [0.3, 0.4) is 0 Å². The predicted octanol–water partition coefficient (Wildman–Crippen LogP) is 3.84. The summed E-state index contributed by atoms with van der Waals surface area (Å²) in [5, 5.41) is 10.1. The van der Waals surface area contributed by atoms with Gasteiger partial charge in [-0.25, -0.2) is 0 Å². The first-order valence-corrected chi connectivity index (χ1v) is 9.13. The molecule has 0 saturated carbocycles. The number of aliphatic hydroxyl groups is 1. The minimum Gasteiger partial charge on any atom is -0.466 e. The van der Waals surface area contributed by atoms with E-state index in [9.17, 15) is 9.90 Å². The minimum atomic E-state index is -0.275. The highest BCUT2D eigenvalue weighted by Crippen LogP contribution is 2.24. The first-order valence-electron chi connectivity index (χ1n) is 9.13. The number of carbonyl (C=O) groups is 1. The van der Waals surface area contributed by atoms with Crippen molar-refractivity contribution >= 4 is 5.91 Å². The molecule has 1 unspecified atom stereocenters. The van der Waals surface area contributed by atoms with Gasteiger partial charge in [0.15, 0.2) is 0 Å². The molecular weight excluding hydrogens is 290 g/mol. The maximum atomic E-state index is 12.1. The highest BCUT2D eigenvalue weighted by Gasteiger charge is 2.30. The lowest BCUT2D eigenvalue weighted by atomic mass is 10.1. The van der Waals surface area contributed by atoms with Crippen LogP contribution in [-0.2, 0) is 11.2 Å². The van der Waals surface area contributed by atoms with Gasteiger partial charge in [-0.05, 0) is 44.7 Å². The van der Waals surface area contributed by atoms with E-state index in [-0.39, 0.29) is 12.0 Å². The maximum absolute atomic E-state index is 12.1. The molecule has 0 spiro atoms. The molecular formula is C19H31NO3. The Morgan fingerprint density at radius 3 is 2.87 bits per heavy atom. The van der Waals surface area contributed by atoms with E-state index in [4.69, 9.17) is 4.42 Å². The molecule has 1 aromatic rings. The van der Waals surface area contributed by atoms with E-state index in [1.165, 1.54) is 12.8 Å². The zero-order valence-electron chi connectivity index (χ0n) is 14.6. The smallest absolute Gasteiger partial charge is 0.222 e. The van der Waals surface area contributed by atoms with Gasteiger partial charge in [-0.2, -0.15) is 0 Å². The van der Waals surface area contributed by atoms with E-state index in [1.807, 2.05) is 24.0 Å². The number of likely N-dealkylation sites (tertiary alicyclic amines) is 1. The Hall–Kier alpha value is -1.29. The summed E-state index contributed by atoms with van der Waals surface area (Å²) in [7, 11) is 0. The number of unbranched alkanes of at least 4 members (excludes halogenated alkanes) is 2. The van der Waals surface area contributed by atoms with Crippen molar-refractivity contribution in [2.24, 2.45) is 0 Å². The molecule has 23 heavy (non-hydrogen) atoms. The number of amides is 1. The van der Waals surface area contributed by atoms with Crippen LogP contribution in [0.15, 0.2) is 16.5 Å². The van der Waals surface area contributed by atoms with Crippen molar-refractivity contribution in [2.75, 3.05) is 6.54 Å². The van der Waals surface area contributed by atoms with E-state index in [2.05, 4.69) is 6.92 Å². The van der Waals surface area contributed by atoms with Crippen LogP contribution in [-0.4, -0.2) is 34.6 Å². The average molecular weight is 321 g/mol. The quantitative estimate of drug-likeness (QED) is 0.666. The van der Waals surface area contributed by atoms with Gasteiger partial charge in [-0.3, -0.25) is 4.79 Å².